The van der Waals surface area contributed by atoms with E-state index in [0.29, 0.717) is 6.04 Å². The highest BCUT2D eigenvalue weighted by Crippen LogP contribution is 2.30. The molecule has 0 saturated carbocycles. The Balaban J connectivity index is 1.54. The quantitative estimate of drug-likeness (QED) is 0.533. The van der Waals surface area contributed by atoms with Crippen LogP contribution in [0.3, 0.4) is 0 Å². The third-order valence-electron chi connectivity index (χ3n) is 5.78. The first kappa shape index (κ1) is 21.8. The fraction of sp³-hybridized carbons (Fsp3) is 0.545. The molecule has 8 heteroatoms. The number of aromatic nitrogens is 2. The number of nitrogens with zero attached hydrogens (tertiary/aromatic N) is 4. The van der Waals surface area contributed by atoms with Crippen LogP contribution in [0.25, 0.3) is 0 Å². The monoisotopic (exact) mass is 414 g/mol. The lowest BCUT2D eigenvalue weighted by Gasteiger charge is -2.21. The molecular formula is C22H34N6O2. The summed E-state index contributed by atoms with van der Waals surface area (Å²) in [7, 11) is 7.16. The highest BCUT2D eigenvalue weighted by molar-refractivity contribution is 5.80. The van der Waals surface area contributed by atoms with E-state index in [9.17, 15) is 0 Å². The zero-order valence-electron chi connectivity index (χ0n) is 19.0. The van der Waals surface area contributed by atoms with Gasteiger partial charge in [-0.25, -0.2) is 0 Å². The van der Waals surface area contributed by atoms with Crippen LogP contribution in [0, 0.1) is 13.8 Å². The van der Waals surface area contributed by atoms with Gasteiger partial charge in [0.15, 0.2) is 5.96 Å². The van der Waals surface area contributed by atoms with Gasteiger partial charge in [-0.15, -0.1) is 0 Å². The van der Waals surface area contributed by atoms with E-state index < -0.39 is 0 Å². The average Bonchev–Trinajstić information content (AvgIpc) is 3.32. The van der Waals surface area contributed by atoms with Crippen molar-refractivity contribution >= 4 is 11.6 Å². The summed E-state index contributed by atoms with van der Waals surface area (Å²) in [5.41, 5.74) is 4.73. The van der Waals surface area contributed by atoms with Crippen LogP contribution in [0.5, 0.6) is 11.5 Å². The Labute approximate surface area is 179 Å². The lowest BCUT2D eigenvalue weighted by Crippen LogP contribution is -2.45. The van der Waals surface area contributed by atoms with E-state index >= 15 is 0 Å². The molecule has 1 aromatic carbocycles. The Morgan fingerprint density at radius 2 is 1.90 bits per heavy atom. The highest BCUT2D eigenvalue weighted by Gasteiger charge is 2.24. The van der Waals surface area contributed by atoms with Crippen molar-refractivity contribution in [3.8, 4) is 11.5 Å². The molecule has 0 radical (unpaired) electrons. The van der Waals surface area contributed by atoms with Crippen LogP contribution >= 0.6 is 0 Å². The Bertz CT molecular complexity index is 870. The third kappa shape index (κ3) is 4.98. The average molecular weight is 415 g/mol. The smallest absolute Gasteiger partial charge is 0.191 e. The molecule has 1 saturated heterocycles. The number of anilines is 1. The van der Waals surface area contributed by atoms with Crippen LogP contribution in [0.15, 0.2) is 23.2 Å². The Morgan fingerprint density at radius 3 is 2.47 bits per heavy atom. The van der Waals surface area contributed by atoms with Crippen molar-refractivity contribution in [3.05, 3.63) is 35.2 Å². The molecule has 1 atom stereocenters. The summed E-state index contributed by atoms with van der Waals surface area (Å²) < 4.78 is 12.8. The summed E-state index contributed by atoms with van der Waals surface area (Å²) in [6.45, 7) is 6.87. The van der Waals surface area contributed by atoms with Gasteiger partial charge in [0.25, 0.3) is 0 Å². The SMILES string of the molecule is CN=C(NCCc1c(C)nn(C)c1C)NC1CCN(c2cc(OC)cc(OC)c2)C1. The van der Waals surface area contributed by atoms with E-state index in [1.165, 1.54) is 11.3 Å². The van der Waals surface area contributed by atoms with Crippen molar-refractivity contribution in [2.24, 2.45) is 12.0 Å². The third-order valence-corrected chi connectivity index (χ3v) is 5.78. The summed E-state index contributed by atoms with van der Waals surface area (Å²) in [5.74, 6) is 2.45. The summed E-state index contributed by atoms with van der Waals surface area (Å²) in [6, 6.07) is 6.33. The van der Waals surface area contributed by atoms with Crippen LogP contribution in [0.4, 0.5) is 5.69 Å². The lowest BCUT2D eigenvalue weighted by atomic mass is 10.1. The molecule has 1 aromatic heterocycles. The zero-order valence-corrected chi connectivity index (χ0v) is 19.0. The van der Waals surface area contributed by atoms with Crippen molar-refractivity contribution in [2.75, 3.05) is 45.8 Å². The summed E-state index contributed by atoms with van der Waals surface area (Å²) in [5, 5.41) is 11.5. The molecule has 0 spiro atoms. The predicted molar refractivity (Wildman–Crippen MR) is 121 cm³/mol. The number of benzene rings is 1. The normalized spacial score (nSPS) is 16.7. The van der Waals surface area contributed by atoms with Crippen molar-refractivity contribution in [3.63, 3.8) is 0 Å². The largest absolute Gasteiger partial charge is 0.497 e. The molecular weight excluding hydrogens is 380 g/mol. The first-order chi connectivity index (χ1) is 14.4. The summed E-state index contributed by atoms with van der Waals surface area (Å²) in [4.78, 5) is 6.75. The van der Waals surface area contributed by atoms with Gasteiger partial charge >= 0.3 is 0 Å². The van der Waals surface area contributed by atoms with E-state index in [1.807, 2.05) is 24.8 Å². The number of hydrogen-bond acceptors (Lipinski definition) is 5. The highest BCUT2D eigenvalue weighted by atomic mass is 16.5. The van der Waals surface area contributed by atoms with Gasteiger partial charge in [-0.05, 0) is 32.3 Å². The van der Waals surface area contributed by atoms with E-state index in [2.05, 4.69) is 51.6 Å². The number of nitrogens with one attached hydrogen (secondary N) is 2. The fourth-order valence-corrected chi connectivity index (χ4v) is 3.96. The number of aliphatic imine (C=N–C) groups is 1. The van der Waals surface area contributed by atoms with Gasteiger partial charge < -0.3 is 25.0 Å². The molecule has 0 amide bonds. The number of guanidine groups is 1. The molecule has 2 N–H and O–H groups in total. The molecule has 0 bridgehead atoms. The fourth-order valence-electron chi connectivity index (χ4n) is 3.96. The van der Waals surface area contributed by atoms with Crippen molar-refractivity contribution in [1.29, 1.82) is 0 Å². The number of rotatable bonds is 7. The maximum Gasteiger partial charge on any atom is 0.191 e. The standard InChI is InChI=1S/C22H34N6O2/c1-15-21(16(2)27(4)26-15)7-9-24-22(23-3)25-17-8-10-28(14-17)18-11-19(29-5)13-20(12-18)30-6/h11-13,17H,7-10,14H2,1-6H3,(H2,23,24,25). The van der Waals surface area contributed by atoms with Crippen LogP contribution in [0.1, 0.15) is 23.4 Å². The minimum absolute atomic E-state index is 0.329. The van der Waals surface area contributed by atoms with Gasteiger partial charge in [-0.1, -0.05) is 0 Å². The lowest BCUT2D eigenvalue weighted by molar-refractivity contribution is 0.394. The van der Waals surface area contributed by atoms with Gasteiger partial charge in [0, 0.05) is 69.4 Å². The van der Waals surface area contributed by atoms with Crippen LogP contribution in [-0.4, -0.2) is 62.7 Å². The van der Waals surface area contributed by atoms with E-state index in [0.717, 1.165) is 61.3 Å². The van der Waals surface area contributed by atoms with E-state index in [1.54, 1.807) is 14.2 Å². The molecule has 2 aromatic rings. The topological polar surface area (TPSA) is 75.9 Å². The van der Waals surface area contributed by atoms with E-state index in [4.69, 9.17) is 9.47 Å². The van der Waals surface area contributed by atoms with Crippen LogP contribution in [-0.2, 0) is 13.5 Å². The second-order valence-corrected chi connectivity index (χ2v) is 7.67. The molecule has 8 nitrogen and oxygen atoms in total. The van der Waals surface area contributed by atoms with Crippen LogP contribution < -0.4 is 25.0 Å². The molecule has 164 valence electrons. The minimum atomic E-state index is 0.329. The van der Waals surface area contributed by atoms with E-state index in [-0.39, 0.29) is 0 Å². The van der Waals surface area contributed by atoms with Crippen molar-refractivity contribution in [1.82, 2.24) is 20.4 Å². The Hall–Kier alpha value is -2.90. The van der Waals surface area contributed by atoms with Gasteiger partial charge in [-0.3, -0.25) is 9.67 Å². The van der Waals surface area contributed by atoms with Gasteiger partial charge in [0.05, 0.1) is 19.9 Å². The van der Waals surface area contributed by atoms with Gasteiger partial charge in [-0.2, -0.15) is 5.10 Å². The zero-order chi connectivity index (χ0) is 21.7. The Kier molecular flexibility index (Phi) is 7.07. The molecule has 1 fully saturated rings. The molecule has 30 heavy (non-hydrogen) atoms. The molecule has 2 heterocycles. The molecule has 1 aliphatic heterocycles. The van der Waals surface area contributed by atoms with Crippen LogP contribution in [0.2, 0.25) is 0 Å². The van der Waals surface area contributed by atoms with Crippen molar-refractivity contribution in [2.45, 2.75) is 32.7 Å². The number of ether oxygens (including phenoxy) is 2. The number of aryl methyl sites for hydroxylation is 2. The second kappa shape index (κ2) is 9.73. The minimum Gasteiger partial charge on any atom is -0.497 e. The Morgan fingerprint density at radius 1 is 1.20 bits per heavy atom. The van der Waals surface area contributed by atoms with Crippen molar-refractivity contribution < 1.29 is 9.47 Å². The first-order valence-electron chi connectivity index (χ1n) is 10.4. The summed E-state index contributed by atoms with van der Waals surface area (Å²) in [6.07, 6.45) is 1.97. The first-order valence-corrected chi connectivity index (χ1v) is 10.4. The molecule has 1 aliphatic rings. The van der Waals surface area contributed by atoms with Gasteiger partial charge in [0.1, 0.15) is 11.5 Å². The summed E-state index contributed by atoms with van der Waals surface area (Å²) >= 11 is 0. The second-order valence-electron chi connectivity index (χ2n) is 7.67. The molecule has 0 aliphatic carbocycles. The maximum atomic E-state index is 5.41. The predicted octanol–water partition coefficient (Wildman–Crippen LogP) is 2.04. The molecule has 1 unspecified atom stereocenters. The number of hydrogen-bond donors (Lipinski definition) is 2. The van der Waals surface area contributed by atoms with Gasteiger partial charge in [0.2, 0.25) is 0 Å². The number of methoxy groups -OCH3 is 2. The molecule has 3 rings (SSSR count). The maximum absolute atomic E-state index is 5.41.